The minimum Gasteiger partial charge on any atom is -0.356 e. The molecule has 0 aliphatic heterocycles. The van der Waals surface area contributed by atoms with Crippen LogP contribution in [0.1, 0.15) is 92.7 Å². The SMILES string of the molecule is CC(C)CCC(C)(C)c1ccc(Nc2ccc(C(C)(C)CC(C)(C)C)cc2)cc1. The van der Waals surface area contributed by atoms with Gasteiger partial charge in [0.05, 0.1) is 0 Å². The van der Waals surface area contributed by atoms with E-state index in [1.807, 2.05) is 0 Å². The van der Waals surface area contributed by atoms with Crippen LogP contribution in [0.5, 0.6) is 0 Å². The van der Waals surface area contributed by atoms with Gasteiger partial charge in [-0.3, -0.25) is 0 Å². The molecule has 0 aliphatic carbocycles. The summed E-state index contributed by atoms with van der Waals surface area (Å²) in [5.74, 6) is 0.756. The van der Waals surface area contributed by atoms with Crippen molar-refractivity contribution in [3.05, 3.63) is 59.7 Å². The molecule has 0 unspecified atom stereocenters. The van der Waals surface area contributed by atoms with Crippen molar-refractivity contribution in [3.8, 4) is 0 Å². The predicted molar refractivity (Wildman–Crippen MR) is 130 cm³/mol. The van der Waals surface area contributed by atoms with Gasteiger partial charge in [-0.25, -0.2) is 0 Å². The highest BCUT2D eigenvalue weighted by Crippen LogP contribution is 2.37. The first-order valence-corrected chi connectivity index (χ1v) is 11.3. The maximum Gasteiger partial charge on any atom is 0.0384 e. The molecule has 1 heteroatoms. The number of benzene rings is 2. The van der Waals surface area contributed by atoms with Crippen LogP contribution in [-0.4, -0.2) is 0 Å². The third kappa shape index (κ3) is 7.21. The van der Waals surface area contributed by atoms with Gasteiger partial charge in [0, 0.05) is 11.4 Å². The molecular weight excluding hydrogens is 350 g/mol. The lowest BCUT2D eigenvalue weighted by molar-refractivity contribution is 0.284. The van der Waals surface area contributed by atoms with Crippen molar-refractivity contribution in [1.82, 2.24) is 0 Å². The molecule has 1 nitrogen and oxygen atoms in total. The fourth-order valence-corrected chi connectivity index (χ4v) is 4.40. The lowest BCUT2D eigenvalue weighted by atomic mass is 9.72. The Morgan fingerprint density at radius 2 is 1.07 bits per heavy atom. The summed E-state index contributed by atoms with van der Waals surface area (Å²) >= 11 is 0. The standard InChI is InChI=1S/C28H43N/c1-21(2)18-19-27(6,7)22-10-14-24(15-11-22)29-25-16-12-23(13-17-25)28(8,9)20-26(3,4)5/h10-17,21,29H,18-20H2,1-9H3. The van der Waals surface area contributed by atoms with E-state index in [1.54, 1.807) is 0 Å². The summed E-state index contributed by atoms with van der Waals surface area (Å²) in [6, 6.07) is 18.0. The Hall–Kier alpha value is -1.76. The lowest BCUT2D eigenvalue weighted by Crippen LogP contribution is -2.24. The molecule has 0 heterocycles. The number of hydrogen-bond donors (Lipinski definition) is 1. The van der Waals surface area contributed by atoms with Crippen LogP contribution in [0.3, 0.4) is 0 Å². The van der Waals surface area contributed by atoms with E-state index in [9.17, 15) is 0 Å². The van der Waals surface area contributed by atoms with Crippen molar-refractivity contribution in [2.24, 2.45) is 11.3 Å². The normalized spacial score (nSPS) is 13.0. The van der Waals surface area contributed by atoms with Gasteiger partial charge in [0.25, 0.3) is 0 Å². The highest BCUT2D eigenvalue weighted by molar-refractivity contribution is 5.60. The van der Waals surface area contributed by atoms with Crippen LogP contribution >= 0.6 is 0 Å². The zero-order valence-corrected chi connectivity index (χ0v) is 20.3. The minimum absolute atomic E-state index is 0.181. The summed E-state index contributed by atoms with van der Waals surface area (Å²) in [7, 11) is 0. The highest BCUT2D eigenvalue weighted by Gasteiger charge is 2.27. The quantitative estimate of drug-likeness (QED) is 0.472. The molecule has 0 atom stereocenters. The summed E-state index contributed by atoms with van der Waals surface area (Å²) in [6.45, 7) is 21.0. The average molecular weight is 394 g/mol. The van der Waals surface area contributed by atoms with Crippen LogP contribution in [0.2, 0.25) is 0 Å². The van der Waals surface area contributed by atoms with Crippen LogP contribution in [-0.2, 0) is 10.8 Å². The zero-order chi connectivity index (χ0) is 21.9. The van der Waals surface area contributed by atoms with Crippen molar-refractivity contribution in [2.45, 2.75) is 92.4 Å². The number of nitrogens with one attached hydrogen (secondary N) is 1. The van der Waals surface area contributed by atoms with E-state index in [0.717, 1.165) is 17.3 Å². The van der Waals surface area contributed by atoms with Gasteiger partial charge in [0.15, 0.2) is 0 Å². The summed E-state index contributed by atoms with van der Waals surface area (Å²) in [5, 5.41) is 3.56. The second-order valence-electron chi connectivity index (χ2n) is 11.7. The first-order chi connectivity index (χ1) is 13.3. The second kappa shape index (κ2) is 8.94. The molecule has 2 rings (SSSR count). The van der Waals surface area contributed by atoms with E-state index in [4.69, 9.17) is 0 Å². The van der Waals surface area contributed by atoms with E-state index in [2.05, 4.69) is 116 Å². The lowest BCUT2D eigenvalue weighted by Gasteiger charge is -2.33. The van der Waals surface area contributed by atoms with Crippen molar-refractivity contribution < 1.29 is 0 Å². The monoisotopic (exact) mass is 393 g/mol. The van der Waals surface area contributed by atoms with Crippen LogP contribution < -0.4 is 5.32 Å². The third-order valence-electron chi connectivity index (χ3n) is 5.94. The van der Waals surface area contributed by atoms with Crippen LogP contribution in [0, 0.1) is 11.3 Å². The maximum atomic E-state index is 3.56. The Morgan fingerprint density at radius 1 is 0.655 bits per heavy atom. The molecule has 0 radical (unpaired) electrons. The molecule has 0 bridgehead atoms. The molecule has 1 N–H and O–H groups in total. The highest BCUT2D eigenvalue weighted by atomic mass is 14.9. The molecular formula is C28H43N. The summed E-state index contributed by atoms with van der Waals surface area (Å²) < 4.78 is 0. The molecule has 0 spiro atoms. The molecule has 0 aliphatic rings. The average Bonchev–Trinajstić information content (AvgIpc) is 2.59. The topological polar surface area (TPSA) is 12.0 Å². The summed E-state index contributed by atoms with van der Waals surface area (Å²) in [5.41, 5.74) is 5.85. The molecule has 0 amide bonds. The Bertz CT molecular complexity index is 755. The van der Waals surface area contributed by atoms with E-state index in [1.165, 1.54) is 30.4 Å². The van der Waals surface area contributed by atoms with Crippen LogP contribution in [0.25, 0.3) is 0 Å². The van der Waals surface area contributed by atoms with Gasteiger partial charge < -0.3 is 5.32 Å². The van der Waals surface area contributed by atoms with Gasteiger partial charge in [0.1, 0.15) is 0 Å². The summed E-state index contributed by atoms with van der Waals surface area (Å²) in [6.07, 6.45) is 3.66. The minimum atomic E-state index is 0.181. The first kappa shape index (κ1) is 23.5. The molecule has 0 saturated heterocycles. The smallest absolute Gasteiger partial charge is 0.0384 e. The van der Waals surface area contributed by atoms with E-state index >= 15 is 0 Å². The van der Waals surface area contributed by atoms with Gasteiger partial charge >= 0.3 is 0 Å². The predicted octanol–water partition coefficient (Wildman–Crippen LogP) is 8.86. The van der Waals surface area contributed by atoms with Crippen molar-refractivity contribution >= 4 is 11.4 Å². The summed E-state index contributed by atoms with van der Waals surface area (Å²) in [4.78, 5) is 0. The molecule has 0 fully saturated rings. The second-order valence-corrected chi connectivity index (χ2v) is 11.7. The van der Waals surface area contributed by atoms with Gasteiger partial charge in [-0.15, -0.1) is 0 Å². The Balaban J connectivity index is 2.05. The molecule has 160 valence electrons. The van der Waals surface area contributed by atoms with Crippen LogP contribution in [0.15, 0.2) is 48.5 Å². The maximum absolute atomic E-state index is 3.56. The van der Waals surface area contributed by atoms with E-state index < -0.39 is 0 Å². The number of rotatable bonds is 8. The fourth-order valence-electron chi connectivity index (χ4n) is 4.40. The number of anilines is 2. The van der Waals surface area contributed by atoms with E-state index in [0.29, 0.717) is 5.41 Å². The molecule has 29 heavy (non-hydrogen) atoms. The molecule has 2 aromatic carbocycles. The Labute approximate surface area is 180 Å². The number of hydrogen-bond acceptors (Lipinski definition) is 1. The van der Waals surface area contributed by atoms with Crippen molar-refractivity contribution in [3.63, 3.8) is 0 Å². The van der Waals surface area contributed by atoms with Gasteiger partial charge in [0.2, 0.25) is 0 Å². The Kier molecular flexibility index (Phi) is 7.25. The molecule has 2 aromatic rings. The Morgan fingerprint density at radius 3 is 1.45 bits per heavy atom. The third-order valence-corrected chi connectivity index (χ3v) is 5.94. The van der Waals surface area contributed by atoms with Crippen molar-refractivity contribution in [2.75, 3.05) is 5.32 Å². The molecule has 0 saturated carbocycles. The molecule has 0 aromatic heterocycles. The van der Waals surface area contributed by atoms with E-state index in [-0.39, 0.29) is 10.8 Å². The zero-order valence-electron chi connectivity index (χ0n) is 20.3. The largest absolute Gasteiger partial charge is 0.356 e. The van der Waals surface area contributed by atoms with Gasteiger partial charge in [-0.05, 0) is 70.4 Å². The van der Waals surface area contributed by atoms with Gasteiger partial charge in [-0.2, -0.15) is 0 Å². The van der Waals surface area contributed by atoms with Gasteiger partial charge in [-0.1, -0.05) is 93.0 Å². The van der Waals surface area contributed by atoms with Crippen molar-refractivity contribution in [1.29, 1.82) is 0 Å². The van der Waals surface area contributed by atoms with Crippen LogP contribution in [0.4, 0.5) is 11.4 Å². The first-order valence-electron chi connectivity index (χ1n) is 11.3. The fraction of sp³-hybridized carbons (Fsp3) is 0.571.